The summed E-state index contributed by atoms with van der Waals surface area (Å²) in [6.45, 7) is 0.281. The van der Waals surface area contributed by atoms with Crippen LogP contribution in [0.3, 0.4) is 0 Å². The highest BCUT2D eigenvalue weighted by Gasteiger charge is 2.38. The molecule has 0 radical (unpaired) electrons. The predicted octanol–water partition coefficient (Wildman–Crippen LogP) is -0.361. The van der Waals surface area contributed by atoms with Crippen molar-refractivity contribution in [3.63, 3.8) is 0 Å². The molecule has 1 unspecified atom stereocenters. The lowest BCUT2D eigenvalue weighted by Crippen LogP contribution is -2.33. The molecule has 1 aliphatic heterocycles. The first-order valence-corrected chi connectivity index (χ1v) is 7.95. The molecular formula is C13H21N3O4S. The van der Waals surface area contributed by atoms with Crippen molar-refractivity contribution in [2.75, 3.05) is 19.3 Å². The number of carbonyl (C=O) groups is 4. The zero-order valence-electron chi connectivity index (χ0n) is 12.1. The Morgan fingerprint density at radius 1 is 1.33 bits per heavy atom. The van der Waals surface area contributed by atoms with Gasteiger partial charge in [0.2, 0.25) is 23.6 Å². The maximum Gasteiger partial charge on any atom is 0.242 e. The lowest BCUT2D eigenvalue weighted by atomic mass is 10.3. The summed E-state index contributed by atoms with van der Waals surface area (Å²) in [4.78, 5) is 46.8. The molecular weight excluding hydrogens is 294 g/mol. The van der Waals surface area contributed by atoms with E-state index in [2.05, 4.69) is 5.32 Å². The SMILES string of the molecule is CNC(=O)CCCN1C(=O)CC(SCCCC(N)=O)C1=O. The number of likely N-dealkylation sites (tertiary alicyclic amines) is 1. The lowest BCUT2D eigenvalue weighted by molar-refractivity contribution is -0.138. The predicted molar refractivity (Wildman–Crippen MR) is 79.3 cm³/mol. The van der Waals surface area contributed by atoms with Gasteiger partial charge in [-0.25, -0.2) is 0 Å². The Balaban J connectivity index is 2.33. The smallest absolute Gasteiger partial charge is 0.242 e. The molecule has 8 heteroatoms. The zero-order valence-corrected chi connectivity index (χ0v) is 12.9. The van der Waals surface area contributed by atoms with Crippen molar-refractivity contribution in [2.45, 2.75) is 37.4 Å². The molecule has 1 saturated heterocycles. The van der Waals surface area contributed by atoms with Crippen molar-refractivity contribution in [2.24, 2.45) is 5.73 Å². The Hall–Kier alpha value is -1.57. The molecule has 0 bridgehead atoms. The third-order valence-electron chi connectivity index (χ3n) is 3.15. The highest BCUT2D eigenvalue weighted by atomic mass is 32.2. The van der Waals surface area contributed by atoms with Crippen molar-refractivity contribution in [3.8, 4) is 0 Å². The highest BCUT2D eigenvalue weighted by molar-refractivity contribution is 8.00. The number of imide groups is 1. The van der Waals surface area contributed by atoms with Crippen LogP contribution in [-0.2, 0) is 19.2 Å². The second-order valence-corrected chi connectivity index (χ2v) is 6.10. The van der Waals surface area contributed by atoms with Crippen molar-refractivity contribution in [1.29, 1.82) is 0 Å². The number of thioether (sulfide) groups is 1. The number of rotatable bonds is 9. The standard InChI is InChI=1S/C13H21N3O4S/c1-15-11(18)5-2-6-16-12(19)8-9(13(16)20)21-7-3-4-10(14)17/h9H,2-8H2,1H3,(H2,14,17)(H,15,18). The second-order valence-electron chi connectivity index (χ2n) is 4.79. The van der Waals surface area contributed by atoms with Gasteiger partial charge in [0.15, 0.2) is 0 Å². The summed E-state index contributed by atoms with van der Waals surface area (Å²) in [5.41, 5.74) is 5.04. The molecule has 4 amide bonds. The Kier molecular flexibility index (Phi) is 7.21. The minimum atomic E-state index is -0.370. The second kappa shape index (κ2) is 8.66. The van der Waals surface area contributed by atoms with E-state index in [0.717, 1.165) is 0 Å². The third-order valence-corrected chi connectivity index (χ3v) is 4.45. The van der Waals surface area contributed by atoms with Crippen LogP contribution in [0.25, 0.3) is 0 Å². The summed E-state index contributed by atoms with van der Waals surface area (Å²) in [6, 6.07) is 0. The van der Waals surface area contributed by atoms with Crippen molar-refractivity contribution >= 4 is 35.4 Å². The van der Waals surface area contributed by atoms with Gasteiger partial charge in [0.25, 0.3) is 0 Å². The van der Waals surface area contributed by atoms with Gasteiger partial charge in [-0.3, -0.25) is 24.1 Å². The number of primary amides is 1. The molecule has 1 heterocycles. The van der Waals surface area contributed by atoms with E-state index in [-0.39, 0.29) is 48.3 Å². The summed E-state index contributed by atoms with van der Waals surface area (Å²) < 4.78 is 0. The zero-order chi connectivity index (χ0) is 15.8. The van der Waals surface area contributed by atoms with E-state index < -0.39 is 0 Å². The first kappa shape index (κ1) is 17.5. The van der Waals surface area contributed by atoms with Crippen LogP contribution in [0.4, 0.5) is 0 Å². The van der Waals surface area contributed by atoms with Gasteiger partial charge in [-0.1, -0.05) is 0 Å². The first-order valence-electron chi connectivity index (χ1n) is 6.90. The molecule has 21 heavy (non-hydrogen) atoms. The number of nitrogens with one attached hydrogen (secondary N) is 1. The number of carbonyl (C=O) groups excluding carboxylic acids is 4. The number of hydrogen-bond acceptors (Lipinski definition) is 5. The van der Waals surface area contributed by atoms with E-state index >= 15 is 0 Å². The fraction of sp³-hybridized carbons (Fsp3) is 0.692. The Bertz CT molecular complexity index is 428. The average Bonchev–Trinajstić information content (AvgIpc) is 2.70. The van der Waals surface area contributed by atoms with E-state index in [1.54, 1.807) is 7.05 Å². The van der Waals surface area contributed by atoms with Gasteiger partial charge in [0.05, 0.1) is 5.25 Å². The van der Waals surface area contributed by atoms with E-state index in [0.29, 0.717) is 25.0 Å². The molecule has 0 aromatic rings. The molecule has 1 aliphatic rings. The van der Waals surface area contributed by atoms with Crippen molar-refractivity contribution < 1.29 is 19.2 Å². The fourth-order valence-electron chi connectivity index (χ4n) is 2.01. The Morgan fingerprint density at radius 3 is 2.67 bits per heavy atom. The maximum absolute atomic E-state index is 12.1. The van der Waals surface area contributed by atoms with E-state index in [1.807, 2.05) is 0 Å². The molecule has 7 nitrogen and oxygen atoms in total. The molecule has 1 rings (SSSR count). The number of nitrogens with zero attached hydrogens (tertiary/aromatic N) is 1. The van der Waals surface area contributed by atoms with Gasteiger partial charge in [0, 0.05) is 32.9 Å². The number of amides is 4. The Labute approximate surface area is 128 Å². The van der Waals surface area contributed by atoms with E-state index in [4.69, 9.17) is 5.73 Å². The van der Waals surface area contributed by atoms with E-state index in [9.17, 15) is 19.2 Å². The molecule has 1 atom stereocenters. The quantitative estimate of drug-likeness (QED) is 0.446. The summed E-state index contributed by atoms with van der Waals surface area (Å²) in [5, 5.41) is 2.13. The lowest BCUT2D eigenvalue weighted by Gasteiger charge is -2.14. The molecule has 118 valence electrons. The van der Waals surface area contributed by atoms with Gasteiger partial charge < -0.3 is 11.1 Å². The Morgan fingerprint density at radius 2 is 2.05 bits per heavy atom. The van der Waals surface area contributed by atoms with Crippen molar-refractivity contribution in [1.82, 2.24) is 10.2 Å². The number of nitrogens with two attached hydrogens (primary N) is 1. The average molecular weight is 315 g/mol. The first-order chi connectivity index (χ1) is 9.95. The van der Waals surface area contributed by atoms with Crippen molar-refractivity contribution in [3.05, 3.63) is 0 Å². The monoisotopic (exact) mass is 315 g/mol. The van der Waals surface area contributed by atoms with Gasteiger partial charge >= 0.3 is 0 Å². The molecule has 0 aromatic carbocycles. The van der Waals surface area contributed by atoms with Gasteiger partial charge in [-0.15, -0.1) is 11.8 Å². The molecule has 3 N–H and O–H groups in total. The maximum atomic E-state index is 12.1. The van der Waals surface area contributed by atoms with Crippen LogP contribution in [0, 0.1) is 0 Å². The molecule has 0 aliphatic carbocycles. The molecule has 0 spiro atoms. The van der Waals surface area contributed by atoms with Gasteiger partial charge in [0.1, 0.15) is 0 Å². The van der Waals surface area contributed by atoms with Gasteiger partial charge in [-0.05, 0) is 18.6 Å². The largest absolute Gasteiger partial charge is 0.370 e. The number of hydrogen-bond donors (Lipinski definition) is 2. The van der Waals surface area contributed by atoms with Gasteiger partial charge in [-0.2, -0.15) is 0 Å². The fourth-order valence-corrected chi connectivity index (χ4v) is 3.14. The van der Waals surface area contributed by atoms with Crippen LogP contribution < -0.4 is 11.1 Å². The van der Waals surface area contributed by atoms with E-state index in [1.165, 1.54) is 16.7 Å². The molecule has 0 saturated carbocycles. The summed E-state index contributed by atoms with van der Waals surface area (Å²) in [5.74, 6) is -0.226. The summed E-state index contributed by atoms with van der Waals surface area (Å²) in [6.07, 6.45) is 1.85. The normalized spacial score (nSPS) is 18.1. The minimum absolute atomic E-state index is 0.105. The molecule has 0 aromatic heterocycles. The van der Waals surface area contributed by atoms with Crippen LogP contribution in [0.2, 0.25) is 0 Å². The van der Waals surface area contributed by atoms with Crippen LogP contribution in [0.1, 0.15) is 32.1 Å². The minimum Gasteiger partial charge on any atom is -0.370 e. The third kappa shape index (κ3) is 5.74. The summed E-state index contributed by atoms with van der Waals surface area (Å²) in [7, 11) is 1.55. The molecule has 1 fully saturated rings. The highest BCUT2D eigenvalue weighted by Crippen LogP contribution is 2.26. The van der Waals surface area contributed by atoms with Crippen LogP contribution in [0.5, 0.6) is 0 Å². The van der Waals surface area contributed by atoms with Crippen LogP contribution in [0.15, 0.2) is 0 Å². The van der Waals surface area contributed by atoms with Crippen LogP contribution in [-0.4, -0.2) is 53.1 Å². The van der Waals surface area contributed by atoms with Crippen LogP contribution >= 0.6 is 11.8 Å². The topological polar surface area (TPSA) is 110 Å². The summed E-state index contributed by atoms with van der Waals surface area (Å²) >= 11 is 1.39.